The van der Waals surface area contributed by atoms with Crippen molar-refractivity contribution in [2.24, 2.45) is 13.0 Å². The molecule has 0 atom stereocenters. The molecule has 0 unspecified atom stereocenters. The number of aryl methyl sites for hydroxylation is 1. The second-order valence-electron chi connectivity index (χ2n) is 8.97. The first kappa shape index (κ1) is 17.6. The van der Waals surface area contributed by atoms with Crippen LogP contribution in [0.2, 0.25) is 0 Å². The standard InChI is InChI=1S/C31H29N2O/c1-19(2)16-22-17-21(4)33(6)27(18-22)28-20(3)12-13-25-29-24(23-10-8-7-9-11-23)14-15-26(32-5)31(29)34-30(25)28/h7-15,17-19H,16H2,1-4,6H3/q+1/i16D2,17D,18D. The first-order valence-electron chi connectivity index (χ1n) is 13.4. The highest BCUT2D eigenvalue weighted by Gasteiger charge is 2.24. The summed E-state index contributed by atoms with van der Waals surface area (Å²) in [5.74, 6) is -0.423. The minimum atomic E-state index is -1.87. The third-order valence-corrected chi connectivity index (χ3v) is 6.24. The number of furan rings is 1. The maximum absolute atomic E-state index is 9.20. The van der Waals surface area contributed by atoms with Gasteiger partial charge in [-0.2, -0.15) is 4.57 Å². The predicted octanol–water partition coefficient (Wildman–Crippen LogP) is 8.11. The summed E-state index contributed by atoms with van der Waals surface area (Å²) < 4.78 is 43.8. The van der Waals surface area contributed by atoms with Gasteiger partial charge in [-0.15, -0.1) is 0 Å². The Balaban J connectivity index is 1.96. The van der Waals surface area contributed by atoms with Crippen LogP contribution in [-0.4, -0.2) is 0 Å². The summed E-state index contributed by atoms with van der Waals surface area (Å²) in [5.41, 5.74) is 6.07. The van der Waals surface area contributed by atoms with Crippen LogP contribution >= 0.6 is 0 Å². The Bertz CT molecular complexity index is 1780. The Morgan fingerprint density at radius 1 is 1.03 bits per heavy atom. The van der Waals surface area contributed by atoms with E-state index >= 15 is 0 Å². The molecule has 5 aromatic rings. The van der Waals surface area contributed by atoms with Crippen molar-refractivity contribution in [3.05, 3.63) is 94.9 Å². The van der Waals surface area contributed by atoms with Crippen molar-refractivity contribution in [2.75, 3.05) is 0 Å². The van der Waals surface area contributed by atoms with Crippen molar-refractivity contribution >= 4 is 27.6 Å². The third kappa shape index (κ3) is 3.56. The molecule has 0 bridgehead atoms. The summed E-state index contributed by atoms with van der Waals surface area (Å²) >= 11 is 0. The summed E-state index contributed by atoms with van der Waals surface area (Å²) in [5, 5.41) is 1.66. The molecule has 5 rings (SSSR count). The van der Waals surface area contributed by atoms with E-state index in [1.165, 1.54) is 0 Å². The lowest BCUT2D eigenvalue weighted by Gasteiger charge is -2.11. The highest BCUT2D eigenvalue weighted by molar-refractivity contribution is 6.18. The lowest BCUT2D eigenvalue weighted by atomic mass is 9.94. The number of pyridine rings is 1. The maximum Gasteiger partial charge on any atom is 0.229 e. The molecule has 0 saturated carbocycles. The summed E-state index contributed by atoms with van der Waals surface area (Å²) in [6, 6.07) is 17.7. The molecule has 0 saturated heterocycles. The van der Waals surface area contributed by atoms with Gasteiger partial charge in [0, 0.05) is 32.5 Å². The van der Waals surface area contributed by atoms with Gasteiger partial charge in [-0.05, 0) is 41.5 Å². The van der Waals surface area contributed by atoms with Crippen molar-refractivity contribution in [2.45, 2.75) is 34.1 Å². The molecule has 3 aromatic carbocycles. The van der Waals surface area contributed by atoms with Crippen molar-refractivity contribution in [3.63, 3.8) is 0 Å². The Kier molecular flexibility index (Phi) is 4.37. The van der Waals surface area contributed by atoms with Gasteiger partial charge in [0.1, 0.15) is 18.2 Å². The zero-order valence-electron chi connectivity index (χ0n) is 24.1. The molecule has 0 radical (unpaired) electrons. The number of aromatic nitrogens is 1. The minimum Gasteiger partial charge on any atom is -0.466 e. The van der Waals surface area contributed by atoms with Gasteiger partial charge in [-0.1, -0.05) is 68.4 Å². The SMILES string of the molecule is [2H]c1c(C([2H])([2H])C(C)C)c([2H])c(-c2c(C)ccc3c2oc2c([N+]#[C-])ccc(-c4ccccc4)c23)[n+](C)c1C. The summed E-state index contributed by atoms with van der Waals surface area (Å²) in [7, 11) is 1.80. The molecule has 2 aromatic heterocycles. The molecule has 3 nitrogen and oxygen atoms in total. The van der Waals surface area contributed by atoms with E-state index in [1.54, 1.807) is 38.5 Å². The lowest BCUT2D eigenvalue weighted by Crippen LogP contribution is -2.35. The van der Waals surface area contributed by atoms with Gasteiger partial charge in [0.05, 0.1) is 14.9 Å². The summed E-state index contributed by atoms with van der Waals surface area (Å²) in [6.07, 6.45) is -1.87. The van der Waals surface area contributed by atoms with Crippen LogP contribution in [0.5, 0.6) is 0 Å². The molecule has 0 spiro atoms. The molecule has 0 aliphatic carbocycles. The number of hydrogen-bond acceptors (Lipinski definition) is 1. The second kappa shape index (κ2) is 8.47. The Hall–Kier alpha value is -3.90. The van der Waals surface area contributed by atoms with Crippen LogP contribution in [0.15, 0.2) is 71.1 Å². The molecule has 0 fully saturated rings. The van der Waals surface area contributed by atoms with E-state index in [0.29, 0.717) is 33.8 Å². The van der Waals surface area contributed by atoms with Crippen LogP contribution < -0.4 is 4.57 Å². The second-order valence-corrected chi connectivity index (χ2v) is 8.97. The molecule has 0 aliphatic heterocycles. The van der Waals surface area contributed by atoms with Gasteiger partial charge in [0.2, 0.25) is 11.4 Å². The number of hydrogen-bond donors (Lipinski definition) is 0. The number of fused-ring (bicyclic) bond motifs is 3. The summed E-state index contributed by atoms with van der Waals surface area (Å²) in [4.78, 5) is 3.72. The first-order valence-corrected chi connectivity index (χ1v) is 11.4. The highest BCUT2D eigenvalue weighted by Crippen LogP contribution is 2.44. The Labute approximate surface area is 206 Å². The van der Waals surface area contributed by atoms with E-state index in [2.05, 4.69) is 4.85 Å². The fourth-order valence-electron chi connectivity index (χ4n) is 4.53. The summed E-state index contributed by atoms with van der Waals surface area (Å²) in [6.45, 7) is 15.0. The zero-order chi connectivity index (χ0) is 27.5. The number of benzene rings is 3. The van der Waals surface area contributed by atoms with E-state index in [9.17, 15) is 1.37 Å². The van der Waals surface area contributed by atoms with Gasteiger partial charge in [-0.25, -0.2) is 4.85 Å². The molecule has 0 N–H and O–H groups in total. The van der Waals surface area contributed by atoms with Crippen LogP contribution in [0, 0.1) is 26.3 Å². The van der Waals surface area contributed by atoms with Crippen LogP contribution in [-0.2, 0) is 13.4 Å². The average Bonchev–Trinajstić information content (AvgIpc) is 3.28. The molecule has 0 aliphatic rings. The largest absolute Gasteiger partial charge is 0.466 e. The lowest BCUT2D eigenvalue weighted by molar-refractivity contribution is -0.666. The Morgan fingerprint density at radius 2 is 1.79 bits per heavy atom. The van der Waals surface area contributed by atoms with Crippen molar-refractivity contribution < 1.29 is 14.5 Å². The predicted molar refractivity (Wildman–Crippen MR) is 140 cm³/mol. The van der Waals surface area contributed by atoms with Crippen LogP contribution in [0.25, 0.3) is 49.2 Å². The average molecular weight is 450 g/mol. The fourth-order valence-corrected chi connectivity index (χ4v) is 4.53. The van der Waals surface area contributed by atoms with E-state index in [1.807, 2.05) is 55.5 Å². The molecule has 0 amide bonds. The topological polar surface area (TPSA) is 21.4 Å². The zero-order valence-corrected chi connectivity index (χ0v) is 20.1. The molecule has 3 heteroatoms. The van der Waals surface area contributed by atoms with Gasteiger partial charge in [0.25, 0.3) is 0 Å². The molecule has 168 valence electrons. The van der Waals surface area contributed by atoms with E-state index in [4.69, 9.17) is 15.1 Å². The van der Waals surface area contributed by atoms with Crippen molar-refractivity contribution in [3.8, 4) is 22.4 Å². The fraction of sp³-hybridized carbons (Fsp3) is 0.226. The van der Waals surface area contributed by atoms with Gasteiger partial charge in [-0.3, -0.25) is 0 Å². The minimum absolute atomic E-state index is 0.0217. The van der Waals surface area contributed by atoms with Gasteiger partial charge < -0.3 is 4.42 Å². The van der Waals surface area contributed by atoms with E-state index < -0.39 is 12.3 Å². The van der Waals surface area contributed by atoms with Gasteiger partial charge in [0.15, 0.2) is 5.69 Å². The van der Waals surface area contributed by atoms with E-state index in [0.717, 1.165) is 27.5 Å². The maximum atomic E-state index is 9.20. The van der Waals surface area contributed by atoms with Gasteiger partial charge >= 0.3 is 0 Å². The number of nitrogens with zero attached hydrogens (tertiary/aromatic N) is 2. The van der Waals surface area contributed by atoms with Crippen LogP contribution in [0.1, 0.15) is 36.2 Å². The third-order valence-electron chi connectivity index (χ3n) is 6.24. The monoisotopic (exact) mass is 449 g/mol. The molecular formula is C31H29N2O+. The first-order chi connectivity index (χ1) is 18.0. The van der Waals surface area contributed by atoms with Crippen molar-refractivity contribution in [1.29, 1.82) is 0 Å². The van der Waals surface area contributed by atoms with Crippen LogP contribution in [0.3, 0.4) is 0 Å². The van der Waals surface area contributed by atoms with E-state index in [-0.39, 0.29) is 17.6 Å². The molecular weight excluding hydrogens is 416 g/mol. The number of rotatable bonds is 4. The highest BCUT2D eigenvalue weighted by atomic mass is 16.3. The van der Waals surface area contributed by atoms with Crippen LogP contribution in [0.4, 0.5) is 5.69 Å². The quantitative estimate of drug-likeness (QED) is 0.200. The molecule has 2 heterocycles. The van der Waals surface area contributed by atoms with Crippen molar-refractivity contribution in [1.82, 2.24) is 0 Å². The Morgan fingerprint density at radius 3 is 2.50 bits per heavy atom. The molecule has 34 heavy (non-hydrogen) atoms. The smallest absolute Gasteiger partial charge is 0.229 e. The normalized spacial score (nSPS) is 13.6.